The number of benzene rings is 3. The maximum atomic E-state index is 12.6. The lowest BCUT2D eigenvalue weighted by Crippen LogP contribution is -2.28. The lowest BCUT2D eigenvalue weighted by atomic mass is 9.94. The van der Waals surface area contributed by atoms with E-state index in [0.717, 1.165) is 35.1 Å². The Morgan fingerprint density at radius 3 is 2.33 bits per heavy atom. The van der Waals surface area contributed by atoms with Crippen molar-refractivity contribution in [1.29, 1.82) is 0 Å². The van der Waals surface area contributed by atoms with Gasteiger partial charge in [-0.05, 0) is 66.8 Å². The molecule has 7 heteroatoms. The molecule has 2 atom stereocenters. The Labute approximate surface area is 231 Å². The molecule has 7 nitrogen and oxygen atoms in total. The van der Waals surface area contributed by atoms with Crippen LogP contribution in [-0.2, 0) is 20.7 Å². The number of methoxy groups -OCH3 is 1. The van der Waals surface area contributed by atoms with E-state index in [0.29, 0.717) is 43.9 Å². The normalized spacial score (nSPS) is 12.5. The first-order valence-corrected chi connectivity index (χ1v) is 13.5. The Bertz CT molecular complexity index is 1180. The molecule has 0 aliphatic carbocycles. The van der Waals surface area contributed by atoms with Crippen molar-refractivity contribution in [2.45, 2.75) is 45.8 Å². The third kappa shape index (κ3) is 9.23. The molecule has 2 unspecified atom stereocenters. The molecule has 0 aliphatic rings. The van der Waals surface area contributed by atoms with Crippen molar-refractivity contribution in [3.8, 4) is 16.9 Å². The fourth-order valence-electron chi connectivity index (χ4n) is 4.34. The van der Waals surface area contributed by atoms with Crippen LogP contribution in [0.2, 0.25) is 0 Å². The van der Waals surface area contributed by atoms with Crippen LogP contribution in [0, 0.1) is 5.92 Å². The summed E-state index contributed by atoms with van der Waals surface area (Å²) in [6.07, 6.45) is 2.67. The maximum absolute atomic E-state index is 12.6. The van der Waals surface area contributed by atoms with Crippen molar-refractivity contribution in [3.05, 3.63) is 89.5 Å². The van der Waals surface area contributed by atoms with Crippen LogP contribution in [0.25, 0.3) is 11.1 Å². The van der Waals surface area contributed by atoms with Crippen molar-refractivity contribution in [1.82, 2.24) is 5.32 Å². The molecule has 2 N–H and O–H groups in total. The summed E-state index contributed by atoms with van der Waals surface area (Å²) in [5.41, 5.74) is 4.48. The number of aliphatic carboxylic acids is 1. The Morgan fingerprint density at radius 2 is 1.69 bits per heavy atom. The number of carboxylic acids is 1. The molecular weight excluding hydrogens is 494 g/mol. The summed E-state index contributed by atoms with van der Waals surface area (Å²) in [5.74, 6) is -0.604. The van der Waals surface area contributed by atoms with Gasteiger partial charge in [-0.15, -0.1) is 0 Å². The van der Waals surface area contributed by atoms with Gasteiger partial charge in [0.25, 0.3) is 5.91 Å². The second-order valence-corrected chi connectivity index (χ2v) is 9.36. The molecule has 0 saturated carbocycles. The van der Waals surface area contributed by atoms with Crippen LogP contribution in [0.3, 0.4) is 0 Å². The number of hydrogen-bond acceptors (Lipinski definition) is 5. The molecule has 0 heterocycles. The molecule has 0 bridgehead atoms. The molecule has 0 fully saturated rings. The number of carbonyl (C=O) groups excluding carboxylic acids is 1. The Kier molecular flexibility index (Phi) is 12.0. The zero-order chi connectivity index (χ0) is 28.0. The number of carbonyl (C=O) groups is 2. The minimum Gasteiger partial charge on any atom is -0.492 e. The van der Waals surface area contributed by atoms with Gasteiger partial charge in [0.2, 0.25) is 0 Å². The van der Waals surface area contributed by atoms with Crippen molar-refractivity contribution in [3.63, 3.8) is 0 Å². The Balaban J connectivity index is 1.47. The Hall–Kier alpha value is -3.68. The van der Waals surface area contributed by atoms with Crippen LogP contribution in [0.5, 0.6) is 5.75 Å². The van der Waals surface area contributed by atoms with E-state index in [-0.39, 0.29) is 11.8 Å². The van der Waals surface area contributed by atoms with Gasteiger partial charge in [-0.25, -0.2) is 0 Å². The topological polar surface area (TPSA) is 94.1 Å². The van der Waals surface area contributed by atoms with Gasteiger partial charge < -0.3 is 24.6 Å². The smallest absolute Gasteiger partial charge is 0.306 e. The third-order valence-corrected chi connectivity index (χ3v) is 6.49. The van der Waals surface area contributed by atoms with Crippen molar-refractivity contribution in [2.24, 2.45) is 5.92 Å². The van der Waals surface area contributed by atoms with Crippen molar-refractivity contribution >= 4 is 11.9 Å². The van der Waals surface area contributed by atoms with E-state index in [2.05, 4.69) is 12.2 Å². The van der Waals surface area contributed by atoms with E-state index in [4.69, 9.17) is 14.2 Å². The number of nitrogens with one attached hydrogen (secondary N) is 1. The molecule has 0 spiro atoms. The molecular formula is C32H39NO6. The molecule has 208 valence electrons. The van der Waals surface area contributed by atoms with Crippen LogP contribution in [0.4, 0.5) is 0 Å². The fourth-order valence-corrected chi connectivity index (χ4v) is 4.34. The summed E-state index contributed by atoms with van der Waals surface area (Å²) in [6.45, 7) is 5.23. The van der Waals surface area contributed by atoms with E-state index in [1.54, 1.807) is 19.2 Å². The summed E-state index contributed by atoms with van der Waals surface area (Å²) >= 11 is 0. The predicted molar refractivity (Wildman–Crippen MR) is 152 cm³/mol. The molecule has 3 aromatic carbocycles. The van der Waals surface area contributed by atoms with Crippen molar-refractivity contribution in [2.75, 3.05) is 26.9 Å². The van der Waals surface area contributed by atoms with Gasteiger partial charge in [0.15, 0.2) is 6.29 Å². The number of carboxylic acid groups (broad SMARTS) is 1. The highest BCUT2D eigenvalue weighted by Gasteiger charge is 2.17. The van der Waals surface area contributed by atoms with E-state index < -0.39 is 12.3 Å². The third-order valence-electron chi connectivity index (χ3n) is 6.49. The monoisotopic (exact) mass is 533 g/mol. The van der Waals surface area contributed by atoms with Crippen LogP contribution < -0.4 is 10.1 Å². The molecule has 1 amide bonds. The summed E-state index contributed by atoms with van der Waals surface area (Å²) in [4.78, 5) is 24.1. The van der Waals surface area contributed by atoms with E-state index >= 15 is 0 Å². The van der Waals surface area contributed by atoms with Crippen LogP contribution >= 0.6 is 0 Å². The highest BCUT2D eigenvalue weighted by molar-refractivity contribution is 5.94. The van der Waals surface area contributed by atoms with Crippen LogP contribution in [0.15, 0.2) is 72.8 Å². The summed E-state index contributed by atoms with van der Waals surface area (Å²) in [7, 11) is 1.62. The van der Waals surface area contributed by atoms with Gasteiger partial charge in [0, 0.05) is 24.8 Å². The molecule has 0 saturated heterocycles. The first-order chi connectivity index (χ1) is 18.9. The largest absolute Gasteiger partial charge is 0.492 e. The fraction of sp³-hybridized carbons (Fsp3) is 0.375. The second-order valence-electron chi connectivity index (χ2n) is 9.36. The number of hydrogen-bond donors (Lipinski definition) is 2. The standard InChI is InChI=1S/C32H39NO6/c1-4-6-8-27(31(35)36)21-23-11-17-29(18-12-23)39-20-19-33-30(34)25-15-13-24(14-16-25)26-9-7-10-28(22-26)32(37-3)38-5-2/h7,9-18,22,27,32H,4-6,8,19-21H2,1-3H3,(H,33,34)(H,35,36). The second kappa shape index (κ2) is 15.7. The molecule has 3 aromatic rings. The highest BCUT2D eigenvalue weighted by Crippen LogP contribution is 2.26. The summed E-state index contributed by atoms with van der Waals surface area (Å²) < 4.78 is 16.8. The molecule has 0 aromatic heterocycles. The number of unbranched alkanes of at least 4 members (excludes halogenated alkanes) is 1. The van der Waals surface area contributed by atoms with E-state index in [1.165, 1.54) is 0 Å². The van der Waals surface area contributed by atoms with E-state index in [9.17, 15) is 14.7 Å². The van der Waals surface area contributed by atoms with Crippen molar-refractivity contribution < 1.29 is 28.9 Å². The first kappa shape index (κ1) is 29.9. The SMILES string of the molecule is CCCCC(Cc1ccc(OCCNC(=O)c2ccc(-c3cccc(C(OC)OCC)c3)cc2)cc1)C(=O)O. The minimum absolute atomic E-state index is 0.170. The predicted octanol–water partition coefficient (Wildman–Crippen LogP) is 6.28. The zero-order valence-electron chi connectivity index (χ0n) is 23.0. The summed E-state index contributed by atoms with van der Waals surface area (Å²) in [5, 5.41) is 12.3. The number of rotatable bonds is 16. The minimum atomic E-state index is -0.749. The molecule has 39 heavy (non-hydrogen) atoms. The lowest BCUT2D eigenvalue weighted by Gasteiger charge is -2.16. The van der Waals surface area contributed by atoms with E-state index in [1.807, 2.05) is 67.6 Å². The zero-order valence-corrected chi connectivity index (χ0v) is 23.0. The molecule has 0 radical (unpaired) electrons. The molecule has 3 rings (SSSR count). The average molecular weight is 534 g/mol. The van der Waals surface area contributed by atoms with Gasteiger partial charge in [-0.2, -0.15) is 0 Å². The Morgan fingerprint density at radius 1 is 0.949 bits per heavy atom. The average Bonchev–Trinajstić information content (AvgIpc) is 2.96. The quantitative estimate of drug-likeness (QED) is 0.166. The van der Waals surface area contributed by atoms with Gasteiger partial charge in [-0.3, -0.25) is 9.59 Å². The summed E-state index contributed by atoms with van der Waals surface area (Å²) in [6, 6.07) is 22.9. The van der Waals surface area contributed by atoms with Gasteiger partial charge in [-0.1, -0.05) is 62.2 Å². The number of amides is 1. The number of ether oxygens (including phenoxy) is 3. The van der Waals surface area contributed by atoms with Crippen LogP contribution in [-0.4, -0.2) is 43.9 Å². The lowest BCUT2D eigenvalue weighted by molar-refractivity contribution is -0.142. The highest BCUT2D eigenvalue weighted by atomic mass is 16.7. The molecule has 0 aliphatic heterocycles. The van der Waals surface area contributed by atoms with Crippen LogP contribution in [0.1, 0.15) is 60.9 Å². The van der Waals surface area contributed by atoms with Gasteiger partial charge in [0.1, 0.15) is 12.4 Å². The first-order valence-electron chi connectivity index (χ1n) is 13.5. The van der Waals surface area contributed by atoms with Gasteiger partial charge >= 0.3 is 5.97 Å². The maximum Gasteiger partial charge on any atom is 0.306 e. The van der Waals surface area contributed by atoms with Gasteiger partial charge in [0.05, 0.1) is 12.5 Å².